The van der Waals surface area contributed by atoms with Gasteiger partial charge in [-0.05, 0) is 30.2 Å². The maximum atomic E-state index is 13.7. The van der Waals surface area contributed by atoms with E-state index in [1.165, 1.54) is 4.90 Å². The molecule has 3 N–H and O–H groups in total. The zero-order chi connectivity index (χ0) is 20.5. The van der Waals surface area contributed by atoms with Gasteiger partial charge in [0.1, 0.15) is 18.2 Å². The number of carbonyl (C=O) groups excluding carboxylic acids is 1. The summed E-state index contributed by atoms with van der Waals surface area (Å²) in [5.74, 6) is -2.48. The van der Waals surface area contributed by atoms with Crippen molar-refractivity contribution < 1.29 is 31.6 Å². The van der Waals surface area contributed by atoms with Crippen LogP contribution in [0.1, 0.15) is 18.4 Å². The van der Waals surface area contributed by atoms with E-state index in [-0.39, 0.29) is 54.7 Å². The van der Waals surface area contributed by atoms with Crippen molar-refractivity contribution in [2.75, 3.05) is 19.6 Å². The SMILES string of the molecule is NC(CC(=O)N1CCC[NH+]2C(=NN=C2C(F)(F)F)C1)Cc1cc(F)ccc1F. The number of nitrogens with zero attached hydrogens (tertiary/aromatic N) is 3. The number of benzene rings is 1. The van der Waals surface area contributed by atoms with Crippen LogP contribution in [0.4, 0.5) is 22.0 Å². The van der Waals surface area contributed by atoms with Gasteiger partial charge >= 0.3 is 12.0 Å². The highest BCUT2D eigenvalue weighted by Gasteiger charge is 2.50. The lowest BCUT2D eigenvalue weighted by Crippen LogP contribution is -3.17. The van der Waals surface area contributed by atoms with E-state index in [0.717, 1.165) is 18.2 Å². The molecule has 0 radical (unpaired) electrons. The number of fused-ring (bicyclic) bond motifs is 1. The van der Waals surface area contributed by atoms with E-state index in [0.29, 0.717) is 6.42 Å². The van der Waals surface area contributed by atoms with Gasteiger partial charge in [0, 0.05) is 25.4 Å². The molecule has 2 atom stereocenters. The Morgan fingerprint density at radius 1 is 1.29 bits per heavy atom. The van der Waals surface area contributed by atoms with Crippen LogP contribution in [0.3, 0.4) is 0 Å². The van der Waals surface area contributed by atoms with Crippen molar-refractivity contribution in [3.8, 4) is 0 Å². The van der Waals surface area contributed by atoms with Crippen LogP contribution in [-0.2, 0) is 11.2 Å². The van der Waals surface area contributed by atoms with Gasteiger partial charge in [0.25, 0.3) is 0 Å². The highest BCUT2D eigenvalue weighted by molar-refractivity contribution is 5.95. The molecule has 0 aliphatic carbocycles. The molecule has 1 amide bonds. The number of hydrogen-bond donors (Lipinski definition) is 2. The normalized spacial score (nSPS) is 20.9. The monoisotopic (exact) mass is 404 g/mol. The van der Waals surface area contributed by atoms with Crippen molar-refractivity contribution in [1.29, 1.82) is 0 Å². The largest absolute Gasteiger partial charge is 0.489 e. The summed E-state index contributed by atoms with van der Waals surface area (Å²) in [5, 5.41) is 6.82. The standard InChI is InChI=1S/C17H18F5N5O/c18-11-2-3-13(19)10(6-11)7-12(23)8-15(28)26-4-1-5-27-14(9-26)24-25-16(27)17(20,21)22/h2-3,6,12H,1,4-5,7-9,23H2/p+1. The lowest BCUT2D eigenvalue weighted by atomic mass is 10.0. The van der Waals surface area contributed by atoms with E-state index in [1.807, 2.05) is 0 Å². The van der Waals surface area contributed by atoms with Crippen molar-refractivity contribution >= 4 is 17.6 Å². The predicted molar refractivity (Wildman–Crippen MR) is 90.6 cm³/mol. The molecule has 0 bridgehead atoms. The Labute approximate surface area is 157 Å². The number of carbonyl (C=O) groups is 1. The molecule has 0 spiro atoms. The molecule has 2 unspecified atom stereocenters. The van der Waals surface area contributed by atoms with Crippen LogP contribution in [0.2, 0.25) is 0 Å². The first kappa shape index (κ1) is 20.3. The minimum absolute atomic E-state index is 0.0222. The molecule has 2 aliphatic heterocycles. The van der Waals surface area contributed by atoms with E-state index in [9.17, 15) is 26.7 Å². The molecule has 11 heteroatoms. The van der Waals surface area contributed by atoms with Gasteiger partial charge in [-0.25, -0.2) is 13.7 Å². The number of quaternary nitrogens is 1. The van der Waals surface area contributed by atoms with E-state index >= 15 is 0 Å². The third-order valence-corrected chi connectivity index (χ3v) is 4.65. The zero-order valence-electron chi connectivity index (χ0n) is 14.8. The summed E-state index contributed by atoms with van der Waals surface area (Å²) >= 11 is 0. The van der Waals surface area contributed by atoms with Crippen molar-refractivity contribution in [2.45, 2.75) is 31.5 Å². The van der Waals surface area contributed by atoms with Gasteiger partial charge in [-0.3, -0.25) is 4.79 Å². The van der Waals surface area contributed by atoms with Crippen LogP contribution in [0.5, 0.6) is 0 Å². The molecule has 2 aliphatic rings. The molecular weight excluding hydrogens is 385 g/mol. The number of hydrogen-bond acceptors (Lipinski definition) is 4. The molecular formula is C17H19F5N5O+. The molecule has 1 aromatic carbocycles. The number of halogens is 5. The first-order valence-corrected chi connectivity index (χ1v) is 8.70. The molecule has 0 saturated carbocycles. The number of rotatable bonds is 4. The van der Waals surface area contributed by atoms with Gasteiger partial charge < -0.3 is 10.6 Å². The molecule has 1 aromatic rings. The zero-order valence-corrected chi connectivity index (χ0v) is 14.8. The lowest BCUT2D eigenvalue weighted by Gasteiger charge is -2.21. The predicted octanol–water partition coefficient (Wildman–Crippen LogP) is 0.630. The van der Waals surface area contributed by atoms with Gasteiger partial charge in [0.15, 0.2) is 0 Å². The van der Waals surface area contributed by atoms with Crippen LogP contribution in [-0.4, -0.2) is 54.3 Å². The topological polar surface area (TPSA) is 75.5 Å². The lowest BCUT2D eigenvalue weighted by molar-refractivity contribution is -0.708. The number of amidine groups is 2. The number of nitrogens with one attached hydrogen (secondary N) is 1. The second kappa shape index (κ2) is 7.92. The number of alkyl halides is 3. The summed E-state index contributed by atoms with van der Waals surface area (Å²) in [4.78, 5) is 13.9. The molecule has 6 nitrogen and oxygen atoms in total. The van der Waals surface area contributed by atoms with Crippen LogP contribution in [0.15, 0.2) is 28.4 Å². The fourth-order valence-corrected chi connectivity index (χ4v) is 3.31. The van der Waals surface area contributed by atoms with Crippen LogP contribution < -0.4 is 10.6 Å². The highest BCUT2D eigenvalue weighted by atomic mass is 19.4. The van der Waals surface area contributed by atoms with Crippen LogP contribution >= 0.6 is 0 Å². The minimum Gasteiger partial charge on any atom is -0.331 e. The summed E-state index contributed by atoms with van der Waals surface area (Å²) < 4.78 is 65.9. The maximum absolute atomic E-state index is 13.7. The third kappa shape index (κ3) is 4.53. The Kier molecular flexibility index (Phi) is 5.75. The summed E-state index contributed by atoms with van der Waals surface area (Å²) in [6.07, 6.45) is -4.44. The Bertz CT molecular complexity index is 823. The quantitative estimate of drug-likeness (QED) is 0.723. The Morgan fingerprint density at radius 3 is 2.75 bits per heavy atom. The van der Waals surface area contributed by atoms with E-state index in [4.69, 9.17) is 5.73 Å². The third-order valence-electron chi connectivity index (χ3n) is 4.65. The molecule has 28 heavy (non-hydrogen) atoms. The fourth-order valence-electron chi connectivity index (χ4n) is 3.31. The van der Waals surface area contributed by atoms with Gasteiger partial charge in [-0.1, -0.05) is 10.2 Å². The molecule has 2 heterocycles. The summed E-state index contributed by atoms with van der Waals surface area (Å²) in [6.45, 7) is 0.299. The van der Waals surface area contributed by atoms with Crippen LogP contribution in [0, 0.1) is 11.6 Å². The molecule has 3 rings (SSSR count). The van der Waals surface area contributed by atoms with Crippen molar-refractivity contribution in [3.05, 3.63) is 35.4 Å². The fraction of sp³-hybridized carbons (Fsp3) is 0.471. The summed E-state index contributed by atoms with van der Waals surface area (Å²) in [5.41, 5.74) is 5.98. The Hall–Kier alpha value is -2.40. The number of amides is 1. The molecule has 152 valence electrons. The molecule has 1 saturated heterocycles. The van der Waals surface area contributed by atoms with E-state index < -0.39 is 29.7 Å². The second-order valence-corrected chi connectivity index (χ2v) is 6.79. The van der Waals surface area contributed by atoms with Crippen molar-refractivity contribution in [2.24, 2.45) is 15.9 Å². The highest BCUT2D eigenvalue weighted by Crippen LogP contribution is 2.17. The molecule has 0 aromatic heterocycles. The summed E-state index contributed by atoms with van der Waals surface area (Å²) in [7, 11) is 0. The van der Waals surface area contributed by atoms with Crippen molar-refractivity contribution in [1.82, 2.24) is 4.90 Å². The summed E-state index contributed by atoms with van der Waals surface area (Å²) in [6, 6.07) is 2.24. The average Bonchev–Trinajstić information content (AvgIpc) is 2.89. The van der Waals surface area contributed by atoms with E-state index in [1.54, 1.807) is 0 Å². The van der Waals surface area contributed by atoms with Gasteiger partial charge in [-0.2, -0.15) is 13.2 Å². The first-order chi connectivity index (χ1) is 13.1. The maximum Gasteiger partial charge on any atom is 0.489 e. The van der Waals surface area contributed by atoms with Crippen molar-refractivity contribution in [3.63, 3.8) is 0 Å². The minimum atomic E-state index is -4.59. The number of nitrogens with two attached hydrogens (primary N) is 1. The smallest absolute Gasteiger partial charge is 0.331 e. The molecule has 1 fully saturated rings. The van der Waals surface area contributed by atoms with Crippen LogP contribution in [0.25, 0.3) is 0 Å². The van der Waals surface area contributed by atoms with Gasteiger partial charge in [0.05, 0.1) is 6.54 Å². The Morgan fingerprint density at radius 2 is 2.04 bits per heavy atom. The van der Waals surface area contributed by atoms with Gasteiger partial charge in [0.2, 0.25) is 11.7 Å². The second-order valence-electron chi connectivity index (χ2n) is 6.79. The first-order valence-electron chi connectivity index (χ1n) is 8.70. The Balaban J connectivity index is 1.60. The van der Waals surface area contributed by atoms with Gasteiger partial charge in [-0.15, -0.1) is 0 Å². The van der Waals surface area contributed by atoms with E-state index in [2.05, 4.69) is 10.2 Å². The average molecular weight is 404 g/mol.